The third kappa shape index (κ3) is 5.35. The molecule has 0 spiro atoms. The molecule has 0 aromatic heterocycles. The Morgan fingerprint density at radius 3 is 2.50 bits per heavy atom. The molecule has 0 aliphatic rings. The molecule has 18 heavy (non-hydrogen) atoms. The molecule has 0 saturated carbocycles. The Morgan fingerprint density at radius 1 is 1.17 bits per heavy atom. The van der Waals surface area contributed by atoms with Crippen LogP contribution in [0.25, 0.3) is 0 Å². The summed E-state index contributed by atoms with van der Waals surface area (Å²) >= 11 is 0. The number of rotatable bonds is 6. The van der Waals surface area contributed by atoms with Crippen LogP contribution in [0.2, 0.25) is 0 Å². The summed E-state index contributed by atoms with van der Waals surface area (Å²) in [6.07, 6.45) is 3.63. The van der Waals surface area contributed by atoms with Crippen LogP contribution in [-0.4, -0.2) is 18.3 Å². The van der Waals surface area contributed by atoms with Gasteiger partial charge in [-0.05, 0) is 18.4 Å². The van der Waals surface area contributed by atoms with Crippen molar-refractivity contribution in [1.29, 1.82) is 0 Å². The molecule has 0 bridgehead atoms. The zero-order chi connectivity index (χ0) is 13.2. The van der Waals surface area contributed by atoms with E-state index >= 15 is 0 Å². The van der Waals surface area contributed by atoms with Crippen LogP contribution in [0.5, 0.6) is 0 Å². The van der Waals surface area contributed by atoms with Crippen LogP contribution >= 0.6 is 0 Å². The van der Waals surface area contributed by atoms with Crippen molar-refractivity contribution in [3.05, 3.63) is 35.9 Å². The Bertz CT molecular complexity index is 375. The van der Waals surface area contributed by atoms with Crippen LogP contribution in [-0.2, 0) is 4.74 Å². The van der Waals surface area contributed by atoms with Crippen LogP contribution in [0, 0.1) is 11.8 Å². The minimum Gasteiger partial charge on any atom is -0.376 e. The summed E-state index contributed by atoms with van der Waals surface area (Å²) in [5, 5.41) is 9.91. The Labute approximate surface area is 110 Å². The molecule has 1 rings (SSSR count). The first-order valence-corrected chi connectivity index (χ1v) is 6.54. The lowest BCUT2D eigenvalue weighted by molar-refractivity contribution is 0.137. The van der Waals surface area contributed by atoms with Crippen molar-refractivity contribution in [3.63, 3.8) is 0 Å². The summed E-state index contributed by atoms with van der Waals surface area (Å²) in [6, 6.07) is 9.47. The van der Waals surface area contributed by atoms with Gasteiger partial charge in [0.2, 0.25) is 0 Å². The van der Waals surface area contributed by atoms with Crippen LogP contribution < -0.4 is 0 Å². The zero-order valence-electron chi connectivity index (χ0n) is 11.2. The second-order valence-electron chi connectivity index (χ2n) is 4.32. The summed E-state index contributed by atoms with van der Waals surface area (Å²) in [6.45, 7) is 2.17. The fraction of sp³-hybridized carbons (Fsp3) is 0.500. The maximum atomic E-state index is 9.91. The predicted octanol–water partition coefficient (Wildman–Crippen LogP) is 3.32. The average molecular weight is 246 g/mol. The van der Waals surface area contributed by atoms with E-state index in [9.17, 15) is 5.11 Å². The largest absolute Gasteiger partial charge is 0.376 e. The van der Waals surface area contributed by atoms with Gasteiger partial charge in [-0.3, -0.25) is 0 Å². The minimum absolute atomic E-state index is 0.0742. The molecule has 0 saturated heterocycles. The highest BCUT2D eigenvalue weighted by Crippen LogP contribution is 2.11. The predicted molar refractivity (Wildman–Crippen MR) is 74.1 cm³/mol. The number of unbranched alkanes of at least 4 members (excludes halogenated alkanes) is 2. The molecule has 1 aromatic carbocycles. The molecule has 0 aliphatic heterocycles. The van der Waals surface area contributed by atoms with Crippen molar-refractivity contribution in [2.24, 2.45) is 0 Å². The van der Waals surface area contributed by atoms with Gasteiger partial charge in [0.25, 0.3) is 0 Å². The van der Waals surface area contributed by atoms with Crippen LogP contribution in [0.3, 0.4) is 0 Å². The number of benzene rings is 1. The molecule has 98 valence electrons. The summed E-state index contributed by atoms with van der Waals surface area (Å²) in [5.74, 6) is 5.86. The lowest BCUT2D eigenvalue weighted by Crippen LogP contribution is -2.08. The van der Waals surface area contributed by atoms with Crippen molar-refractivity contribution in [3.8, 4) is 11.8 Å². The van der Waals surface area contributed by atoms with E-state index in [-0.39, 0.29) is 6.10 Å². The van der Waals surface area contributed by atoms with Gasteiger partial charge < -0.3 is 9.84 Å². The SMILES string of the molecule is CCCCCC(C#CC(O)c1ccccc1)OC. The Hall–Kier alpha value is -1.30. The average Bonchev–Trinajstić information content (AvgIpc) is 2.43. The molecule has 1 N–H and O–H groups in total. The second-order valence-corrected chi connectivity index (χ2v) is 4.32. The van der Waals surface area contributed by atoms with Gasteiger partial charge in [0.15, 0.2) is 0 Å². The quantitative estimate of drug-likeness (QED) is 0.616. The minimum atomic E-state index is -0.727. The second kappa shape index (κ2) is 8.74. The van der Waals surface area contributed by atoms with E-state index < -0.39 is 6.10 Å². The summed E-state index contributed by atoms with van der Waals surface area (Å²) in [7, 11) is 1.67. The van der Waals surface area contributed by atoms with Crippen molar-refractivity contribution < 1.29 is 9.84 Å². The Balaban J connectivity index is 2.51. The van der Waals surface area contributed by atoms with Crippen molar-refractivity contribution >= 4 is 0 Å². The zero-order valence-corrected chi connectivity index (χ0v) is 11.2. The molecule has 0 fully saturated rings. The molecule has 0 amide bonds. The highest BCUT2D eigenvalue weighted by atomic mass is 16.5. The molecule has 0 radical (unpaired) electrons. The van der Waals surface area contributed by atoms with Crippen molar-refractivity contribution in [2.75, 3.05) is 7.11 Å². The van der Waals surface area contributed by atoms with Gasteiger partial charge in [0.1, 0.15) is 12.2 Å². The lowest BCUT2D eigenvalue weighted by atomic mass is 10.1. The fourth-order valence-electron chi connectivity index (χ4n) is 1.72. The number of hydrogen-bond donors (Lipinski definition) is 1. The highest BCUT2D eigenvalue weighted by molar-refractivity contribution is 5.25. The van der Waals surface area contributed by atoms with E-state index in [0.717, 1.165) is 18.4 Å². The molecule has 2 unspecified atom stereocenters. The Kier molecular flexibility index (Phi) is 7.17. The maximum Gasteiger partial charge on any atom is 0.140 e. The number of ether oxygens (including phenoxy) is 1. The number of hydrogen-bond acceptors (Lipinski definition) is 2. The fourth-order valence-corrected chi connectivity index (χ4v) is 1.72. The summed E-state index contributed by atoms with van der Waals surface area (Å²) in [4.78, 5) is 0. The summed E-state index contributed by atoms with van der Waals surface area (Å²) < 4.78 is 5.30. The van der Waals surface area contributed by atoms with Gasteiger partial charge in [-0.1, -0.05) is 61.9 Å². The van der Waals surface area contributed by atoms with Gasteiger partial charge in [-0.15, -0.1) is 0 Å². The van der Waals surface area contributed by atoms with Gasteiger partial charge in [-0.25, -0.2) is 0 Å². The smallest absolute Gasteiger partial charge is 0.140 e. The van der Waals surface area contributed by atoms with Crippen molar-refractivity contribution in [2.45, 2.75) is 44.8 Å². The third-order valence-electron chi connectivity index (χ3n) is 2.85. The van der Waals surface area contributed by atoms with Gasteiger partial charge in [-0.2, -0.15) is 0 Å². The van der Waals surface area contributed by atoms with Crippen LogP contribution in [0.15, 0.2) is 30.3 Å². The van der Waals surface area contributed by atoms with Gasteiger partial charge in [0, 0.05) is 7.11 Å². The van der Waals surface area contributed by atoms with E-state index in [1.165, 1.54) is 12.8 Å². The lowest BCUT2D eigenvalue weighted by Gasteiger charge is -2.08. The van der Waals surface area contributed by atoms with E-state index in [4.69, 9.17) is 4.74 Å². The first-order valence-electron chi connectivity index (χ1n) is 6.54. The standard InChI is InChI=1S/C16H22O2/c1-3-4-6-11-15(18-2)12-13-16(17)14-9-7-5-8-10-14/h5,7-10,15-17H,3-4,6,11H2,1-2H3. The molecule has 1 aromatic rings. The molecular formula is C16H22O2. The van der Waals surface area contributed by atoms with Crippen LogP contribution in [0.4, 0.5) is 0 Å². The number of aliphatic hydroxyl groups excluding tert-OH is 1. The first kappa shape index (κ1) is 14.8. The molecule has 2 heteroatoms. The van der Waals surface area contributed by atoms with E-state index in [2.05, 4.69) is 18.8 Å². The molecule has 0 heterocycles. The van der Waals surface area contributed by atoms with Gasteiger partial charge >= 0.3 is 0 Å². The van der Waals surface area contributed by atoms with Crippen LogP contribution in [0.1, 0.15) is 44.3 Å². The normalized spacial score (nSPS) is 13.5. The van der Waals surface area contributed by atoms with Crippen molar-refractivity contribution in [1.82, 2.24) is 0 Å². The monoisotopic (exact) mass is 246 g/mol. The van der Waals surface area contributed by atoms with Gasteiger partial charge in [0.05, 0.1) is 0 Å². The third-order valence-corrected chi connectivity index (χ3v) is 2.85. The molecular weight excluding hydrogens is 224 g/mol. The van der Waals surface area contributed by atoms with E-state index in [1.807, 2.05) is 30.3 Å². The first-order chi connectivity index (χ1) is 8.77. The number of aliphatic hydroxyl groups is 1. The van der Waals surface area contributed by atoms with E-state index in [1.54, 1.807) is 7.11 Å². The molecule has 2 atom stereocenters. The molecule has 2 nitrogen and oxygen atoms in total. The Morgan fingerprint density at radius 2 is 1.89 bits per heavy atom. The summed E-state index contributed by atoms with van der Waals surface area (Å²) in [5.41, 5.74) is 0.827. The maximum absolute atomic E-state index is 9.91. The topological polar surface area (TPSA) is 29.5 Å². The van der Waals surface area contributed by atoms with E-state index in [0.29, 0.717) is 0 Å². The molecule has 0 aliphatic carbocycles. The highest BCUT2D eigenvalue weighted by Gasteiger charge is 2.05. The number of methoxy groups -OCH3 is 1.